The highest BCUT2D eigenvalue weighted by Crippen LogP contribution is 2.35. The number of hydrogen-bond donors (Lipinski definition) is 1. The normalized spacial score (nSPS) is 11.8. The molecule has 72 valence electrons. The van der Waals surface area contributed by atoms with E-state index in [1.165, 1.54) is 0 Å². The molecule has 3 heteroatoms. The molecule has 0 amide bonds. The number of benzene rings is 1. The molecule has 0 spiro atoms. The first kappa shape index (κ1) is 10.5. The van der Waals surface area contributed by atoms with E-state index >= 15 is 0 Å². The zero-order valence-corrected chi connectivity index (χ0v) is 9.44. The highest BCUT2D eigenvalue weighted by atomic mass is 79.9. The molecule has 0 aliphatic heterocycles. The molecule has 0 fully saturated rings. The number of aromatic hydroxyl groups is 1. The van der Waals surface area contributed by atoms with Crippen molar-refractivity contribution in [3.05, 3.63) is 28.0 Å². The second kappa shape index (κ2) is 3.29. The van der Waals surface area contributed by atoms with Crippen molar-refractivity contribution in [3.8, 4) is 5.75 Å². The van der Waals surface area contributed by atoms with Crippen molar-refractivity contribution in [2.24, 2.45) is 0 Å². The third-order valence-corrected chi connectivity index (χ3v) is 2.49. The van der Waals surface area contributed by atoms with Crippen LogP contribution in [0.4, 0.5) is 4.39 Å². The van der Waals surface area contributed by atoms with Gasteiger partial charge in [0.1, 0.15) is 0 Å². The third kappa shape index (κ3) is 2.02. The van der Waals surface area contributed by atoms with Crippen LogP contribution in [-0.2, 0) is 5.41 Å². The standard InChI is InChI=1S/C10H12BrFO/c1-10(2,3)6-4-5-7(11)8(12)9(6)13/h4-5,13H,1-3H3. The van der Waals surface area contributed by atoms with E-state index in [0.717, 1.165) is 0 Å². The number of hydrogen-bond acceptors (Lipinski definition) is 1. The topological polar surface area (TPSA) is 20.2 Å². The molecule has 0 unspecified atom stereocenters. The minimum absolute atomic E-state index is 0.244. The van der Waals surface area contributed by atoms with Crippen molar-refractivity contribution >= 4 is 15.9 Å². The molecule has 0 aromatic heterocycles. The smallest absolute Gasteiger partial charge is 0.179 e. The Labute approximate surface area is 85.7 Å². The first-order chi connectivity index (χ1) is 5.84. The lowest BCUT2D eigenvalue weighted by atomic mass is 9.86. The molecule has 13 heavy (non-hydrogen) atoms. The van der Waals surface area contributed by atoms with Gasteiger partial charge in [0, 0.05) is 5.56 Å². The van der Waals surface area contributed by atoms with Crippen LogP contribution in [0.2, 0.25) is 0 Å². The summed E-state index contributed by atoms with van der Waals surface area (Å²) in [5.74, 6) is -0.852. The minimum Gasteiger partial charge on any atom is -0.505 e. The SMILES string of the molecule is CC(C)(C)c1ccc(Br)c(F)c1O. The van der Waals surface area contributed by atoms with Gasteiger partial charge in [0.05, 0.1) is 4.47 Å². The van der Waals surface area contributed by atoms with E-state index in [1.54, 1.807) is 12.1 Å². The third-order valence-electron chi connectivity index (χ3n) is 1.88. The maximum Gasteiger partial charge on any atom is 0.179 e. The summed E-state index contributed by atoms with van der Waals surface area (Å²) in [7, 11) is 0. The second-order valence-corrected chi connectivity index (χ2v) is 4.86. The Morgan fingerprint density at radius 2 is 1.85 bits per heavy atom. The number of rotatable bonds is 0. The zero-order valence-electron chi connectivity index (χ0n) is 7.86. The minimum atomic E-state index is -0.590. The predicted octanol–water partition coefficient (Wildman–Crippen LogP) is 3.59. The van der Waals surface area contributed by atoms with Crippen molar-refractivity contribution < 1.29 is 9.50 Å². The van der Waals surface area contributed by atoms with E-state index in [0.29, 0.717) is 5.56 Å². The highest BCUT2D eigenvalue weighted by Gasteiger charge is 2.21. The summed E-state index contributed by atoms with van der Waals surface area (Å²) in [6.07, 6.45) is 0. The Bertz CT molecular complexity index is 328. The van der Waals surface area contributed by atoms with Crippen LogP contribution < -0.4 is 0 Å². The first-order valence-electron chi connectivity index (χ1n) is 4.01. The Morgan fingerprint density at radius 3 is 2.31 bits per heavy atom. The molecule has 0 saturated carbocycles. The number of phenols is 1. The Kier molecular flexibility index (Phi) is 2.66. The predicted molar refractivity (Wildman–Crippen MR) is 54.5 cm³/mol. The van der Waals surface area contributed by atoms with Gasteiger partial charge in [-0.3, -0.25) is 0 Å². The molecule has 0 atom stereocenters. The van der Waals surface area contributed by atoms with Crippen molar-refractivity contribution in [1.29, 1.82) is 0 Å². The van der Waals surface area contributed by atoms with E-state index < -0.39 is 5.82 Å². The van der Waals surface area contributed by atoms with Gasteiger partial charge in [-0.1, -0.05) is 26.8 Å². The molecule has 1 N–H and O–H groups in total. The maximum absolute atomic E-state index is 13.2. The van der Waals surface area contributed by atoms with Gasteiger partial charge in [0.2, 0.25) is 0 Å². The Balaban J connectivity index is 3.35. The summed E-state index contributed by atoms with van der Waals surface area (Å²) in [5.41, 5.74) is 0.374. The molecule has 0 aliphatic rings. The summed E-state index contributed by atoms with van der Waals surface area (Å²) < 4.78 is 13.5. The lowest BCUT2D eigenvalue weighted by molar-refractivity contribution is 0.408. The van der Waals surface area contributed by atoms with E-state index in [-0.39, 0.29) is 15.6 Å². The van der Waals surface area contributed by atoms with Crippen LogP contribution >= 0.6 is 15.9 Å². The van der Waals surface area contributed by atoms with Crippen LogP contribution in [0.1, 0.15) is 26.3 Å². The largest absolute Gasteiger partial charge is 0.505 e. The van der Waals surface area contributed by atoms with Crippen LogP contribution in [0.15, 0.2) is 16.6 Å². The van der Waals surface area contributed by atoms with Crippen LogP contribution in [-0.4, -0.2) is 5.11 Å². The van der Waals surface area contributed by atoms with Gasteiger partial charge in [-0.15, -0.1) is 0 Å². The maximum atomic E-state index is 13.2. The molecule has 1 rings (SSSR count). The van der Waals surface area contributed by atoms with Gasteiger partial charge >= 0.3 is 0 Å². The Morgan fingerprint density at radius 1 is 1.31 bits per heavy atom. The van der Waals surface area contributed by atoms with Gasteiger partial charge in [0.25, 0.3) is 0 Å². The summed E-state index contributed by atoms with van der Waals surface area (Å²) in [5, 5.41) is 9.51. The van der Waals surface area contributed by atoms with Gasteiger partial charge in [-0.05, 0) is 27.4 Å². The van der Waals surface area contributed by atoms with Crippen molar-refractivity contribution in [1.82, 2.24) is 0 Å². The molecular formula is C10H12BrFO. The molecule has 1 aromatic rings. The lowest BCUT2D eigenvalue weighted by Crippen LogP contribution is -2.11. The zero-order chi connectivity index (χ0) is 10.2. The van der Waals surface area contributed by atoms with Crippen LogP contribution in [0.25, 0.3) is 0 Å². The van der Waals surface area contributed by atoms with E-state index in [1.807, 2.05) is 20.8 Å². The van der Waals surface area contributed by atoms with Gasteiger partial charge < -0.3 is 5.11 Å². The molecule has 0 heterocycles. The quantitative estimate of drug-likeness (QED) is 0.742. The Hall–Kier alpha value is -0.570. The van der Waals surface area contributed by atoms with Crippen molar-refractivity contribution in [3.63, 3.8) is 0 Å². The lowest BCUT2D eigenvalue weighted by Gasteiger charge is -2.20. The summed E-state index contributed by atoms with van der Waals surface area (Å²) in [6.45, 7) is 5.78. The van der Waals surface area contributed by atoms with E-state index in [2.05, 4.69) is 15.9 Å². The summed E-state index contributed by atoms with van der Waals surface area (Å²) in [6, 6.07) is 3.33. The molecule has 1 nitrogen and oxygen atoms in total. The fraction of sp³-hybridized carbons (Fsp3) is 0.400. The van der Waals surface area contributed by atoms with Crippen LogP contribution in [0.5, 0.6) is 5.75 Å². The van der Waals surface area contributed by atoms with E-state index in [9.17, 15) is 9.50 Å². The molecular weight excluding hydrogens is 235 g/mol. The summed E-state index contributed by atoms with van der Waals surface area (Å²) >= 11 is 3.01. The molecule has 0 bridgehead atoms. The summed E-state index contributed by atoms with van der Waals surface area (Å²) in [4.78, 5) is 0. The fourth-order valence-corrected chi connectivity index (χ4v) is 1.47. The molecule has 0 aliphatic carbocycles. The molecule has 1 aromatic carbocycles. The van der Waals surface area contributed by atoms with Crippen LogP contribution in [0, 0.1) is 5.82 Å². The van der Waals surface area contributed by atoms with Gasteiger partial charge in [0.15, 0.2) is 11.6 Å². The van der Waals surface area contributed by atoms with Crippen LogP contribution in [0.3, 0.4) is 0 Å². The molecule has 0 saturated heterocycles. The highest BCUT2D eigenvalue weighted by molar-refractivity contribution is 9.10. The number of phenolic OH excluding ortho intramolecular Hbond substituents is 1. The fourth-order valence-electron chi connectivity index (χ4n) is 1.15. The van der Waals surface area contributed by atoms with Crippen molar-refractivity contribution in [2.75, 3.05) is 0 Å². The average Bonchev–Trinajstić information content (AvgIpc) is 1.98. The second-order valence-electron chi connectivity index (χ2n) is 4.01. The van der Waals surface area contributed by atoms with E-state index in [4.69, 9.17) is 0 Å². The molecule has 0 radical (unpaired) electrons. The monoisotopic (exact) mass is 246 g/mol. The van der Waals surface area contributed by atoms with Gasteiger partial charge in [-0.2, -0.15) is 0 Å². The van der Waals surface area contributed by atoms with Gasteiger partial charge in [-0.25, -0.2) is 4.39 Å². The average molecular weight is 247 g/mol. The van der Waals surface area contributed by atoms with Crippen molar-refractivity contribution in [2.45, 2.75) is 26.2 Å². The number of halogens is 2. The first-order valence-corrected chi connectivity index (χ1v) is 4.81.